The second-order valence-electron chi connectivity index (χ2n) is 9.53. The van der Waals surface area contributed by atoms with Crippen molar-refractivity contribution in [2.24, 2.45) is 4.99 Å². The molecule has 190 valence electrons. The molecule has 4 rings (SSSR count). The highest BCUT2D eigenvalue weighted by molar-refractivity contribution is 6.34. The molecule has 1 aromatic carbocycles. The highest BCUT2D eigenvalue weighted by Gasteiger charge is 2.35. The van der Waals surface area contributed by atoms with E-state index in [2.05, 4.69) is 10.3 Å². The van der Waals surface area contributed by atoms with Crippen molar-refractivity contribution in [3.8, 4) is 0 Å². The summed E-state index contributed by atoms with van der Waals surface area (Å²) in [7, 11) is 3.95. The lowest BCUT2D eigenvalue weighted by molar-refractivity contribution is -0.126. The largest absolute Gasteiger partial charge is 0.378 e. The smallest absolute Gasteiger partial charge is 0.259 e. The highest BCUT2D eigenvalue weighted by Crippen LogP contribution is 2.35. The van der Waals surface area contributed by atoms with Gasteiger partial charge < -0.3 is 15.1 Å². The Kier molecular flexibility index (Phi) is 8.38. The Labute approximate surface area is 217 Å². The molecule has 1 atom stereocenters. The zero-order chi connectivity index (χ0) is 25.7. The Morgan fingerprint density at radius 3 is 2.89 bits per heavy atom. The van der Waals surface area contributed by atoms with E-state index in [-0.39, 0.29) is 17.9 Å². The van der Waals surface area contributed by atoms with Gasteiger partial charge in [0, 0.05) is 49.2 Å². The molecule has 9 heteroatoms. The zero-order valence-electron chi connectivity index (χ0n) is 21.1. The molecule has 3 heterocycles. The van der Waals surface area contributed by atoms with Crippen molar-refractivity contribution in [2.75, 3.05) is 45.6 Å². The standard InChI is InChI=1S/C27H33ClN6O2/c1-19-16-20(12-13-29-19)27(36)34-18-24(34)31-23-10-6-9-22(28)26(23)30-21-8-4-5-15-33(17-21)25(35)11-7-14-32(2)3/h6-7,9-13,16,21,30H,4-5,8,14-15,17-18H2,1-3H3/b11-7+,31-24?/t21-,34?/m1/s1. The number of carbonyl (C=O) groups is 2. The van der Waals surface area contributed by atoms with Crippen LogP contribution in [0.5, 0.6) is 0 Å². The van der Waals surface area contributed by atoms with Crippen LogP contribution in [0.4, 0.5) is 11.4 Å². The van der Waals surface area contributed by atoms with Crippen molar-refractivity contribution in [1.29, 1.82) is 0 Å². The van der Waals surface area contributed by atoms with Crippen molar-refractivity contribution in [2.45, 2.75) is 32.2 Å². The van der Waals surface area contributed by atoms with Gasteiger partial charge in [-0.1, -0.05) is 23.7 Å². The first-order valence-electron chi connectivity index (χ1n) is 12.3. The third kappa shape index (κ3) is 6.71. The van der Waals surface area contributed by atoms with Crippen LogP contribution in [-0.4, -0.2) is 83.6 Å². The number of likely N-dealkylation sites (tertiary alicyclic amines) is 1. The van der Waals surface area contributed by atoms with Crippen molar-refractivity contribution in [3.05, 3.63) is 65.0 Å². The number of benzene rings is 1. The molecular formula is C27H33ClN6O2. The summed E-state index contributed by atoms with van der Waals surface area (Å²) in [5, 5.41) is 4.12. The van der Waals surface area contributed by atoms with Crippen LogP contribution in [0.1, 0.15) is 35.3 Å². The number of likely N-dealkylation sites (N-methyl/N-ethyl adjacent to an activating group) is 1. The summed E-state index contributed by atoms with van der Waals surface area (Å²) in [4.78, 5) is 40.0. The fourth-order valence-corrected chi connectivity index (χ4v) is 4.47. The molecule has 0 saturated carbocycles. The van der Waals surface area contributed by atoms with Crippen molar-refractivity contribution >= 4 is 40.6 Å². The molecule has 1 N–H and O–H groups in total. The molecule has 2 saturated heterocycles. The molecule has 36 heavy (non-hydrogen) atoms. The fourth-order valence-electron chi connectivity index (χ4n) is 4.25. The SMILES string of the molecule is Cc1cc(C(=O)N2CC2=Nc2cccc(Cl)c2N[C@@H]2CCCCN(C(=O)/C=C/CN(C)C)C2)ccn1. The Hall–Kier alpha value is -3.23. The number of para-hydroxylation sites is 1. The normalized spacial score (nSPS) is 19.1. The first kappa shape index (κ1) is 25.9. The summed E-state index contributed by atoms with van der Waals surface area (Å²) in [6.07, 6.45) is 8.12. The predicted octanol–water partition coefficient (Wildman–Crippen LogP) is 4.14. The van der Waals surface area contributed by atoms with E-state index >= 15 is 0 Å². The van der Waals surface area contributed by atoms with Crippen LogP contribution < -0.4 is 5.32 Å². The Bertz CT molecular complexity index is 1180. The number of amides is 2. The first-order valence-corrected chi connectivity index (χ1v) is 12.7. The van der Waals surface area contributed by atoms with Gasteiger partial charge >= 0.3 is 0 Å². The van der Waals surface area contributed by atoms with E-state index in [0.717, 1.165) is 43.7 Å². The maximum absolute atomic E-state index is 12.8. The van der Waals surface area contributed by atoms with Gasteiger partial charge in [0.15, 0.2) is 0 Å². The Morgan fingerprint density at radius 1 is 1.28 bits per heavy atom. The van der Waals surface area contributed by atoms with E-state index in [1.54, 1.807) is 29.3 Å². The van der Waals surface area contributed by atoms with Crippen molar-refractivity contribution < 1.29 is 9.59 Å². The average molecular weight is 509 g/mol. The predicted molar refractivity (Wildman–Crippen MR) is 144 cm³/mol. The van der Waals surface area contributed by atoms with E-state index in [1.165, 1.54) is 0 Å². The molecule has 8 nitrogen and oxygen atoms in total. The Balaban J connectivity index is 1.46. The number of anilines is 1. The molecule has 2 aliphatic rings. The second-order valence-corrected chi connectivity index (χ2v) is 9.93. The number of hydrogen-bond donors (Lipinski definition) is 1. The number of halogens is 1. The summed E-state index contributed by atoms with van der Waals surface area (Å²) < 4.78 is 0. The van der Waals surface area contributed by atoms with Crippen LogP contribution in [0.3, 0.4) is 0 Å². The number of nitrogens with one attached hydrogen (secondary N) is 1. The molecule has 0 radical (unpaired) electrons. The topological polar surface area (TPSA) is 80.9 Å². The average Bonchev–Trinajstić information content (AvgIpc) is 3.64. The molecule has 0 spiro atoms. The molecule has 1 aromatic heterocycles. The van der Waals surface area contributed by atoms with Crippen LogP contribution in [-0.2, 0) is 4.79 Å². The van der Waals surface area contributed by atoms with Crippen molar-refractivity contribution in [3.63, 3.8) is 0 Å². The zero-order valence-corrected chi connectivity index (χ0v) is 21.8. The summed E-state index contributed by atoms with van der Waals surface area (Å²) >= 11 is 6.59. The molecule has 2 fully saturated rings. The third-order valence-electron chi connectivity index (χ3n) is 6.20. The lowest BCUT2D eigenvalue weighted by Crippen LogP contribution is -2.38. The van der Waals surface area contributed by atoms with Crippen LogP contribution in [0.2, 0.25) is 5.02 Å². The van der Waals surface area contributed by atoms with Gasteiger partial charge in [0.05, 0.1) is 22.9 Å². The van der Waals surface area contributed by atoms with Gasteiger partial charge in [0.25, 0.3) is 5.91 Å². The molecule has 2 aliphatic heterocycles. The van der Waals surface area contributed by atoms with E-state index in [4.69, 9.17) is 16.6 Å². The van der Waals surface area contributed by atoms with Crippen molar-refractivity contribution in [1.82, 2.24) is 19.7 Å². The number of amidine groups is 1. The minimum atomic E-state index is -0.0870. The van der Waals surface area contributed by atoms with Gasteiger partial charge in [0.2, 0.25) is 5.91 Å². The molecule has 2 amide bonds. The van der Waals surface area contributed by atoms with Crippen LogP contribution >= 0.6 is 11.6 Å². The second kappa shape index (κ2) is 11.7. The maximum atomic E-state index is 12.8. The number of rotatable bonds is 7. The summed E-state index contributed by atoms with van der Waals surface area (Å²) in [6, 6.07) is 9.11. The van der Waals surface area contributed by atoms with Gasteiger partial charge in [-0.2, -0.15) is 0 Å². The highest BCUT2D eigenvalue weighted by atomic mass is 35.5. The van der Waals surface area contributed by atoms with Gasteiger partial charge in [-0.3, -0.25) is 19.5 Å². The molecular weight excluding hydrogens is 476 g/mol. The molecule has 0 bridgehead atoms. The van der Waals surface area contributed by atoms with Crippen LogP contribution in [0.25, 0.3) is 0 Å². The Morgan fingerprint density at radius 2 is 2.11 bits per heavy atom. The lowest BCUT2D eigenvalue weighted by Gasteiger charge is -2.26. The quantitative estimate of drug-likeness (QED) is 0.449. The molecule has 2 aromatic rings. The number of hydrogen-bond acceptors (Lipinski definition) is 6. The van der Waals surface area contributed by atoms with Crippen LogP contribution in [0, 0.1) is 6.92 Å². The minimum Gasteiger partial charge on any atom is -0.378 e. The van der Waals surface area contributed by atoms with Gasteiger partial charge in [-0.25, -0.2) is 4.99 Å². The third-order valence-corrected chi connectivity index (χ3v) is 6.52. The number of nitrogens with zero attached hydrogens (tertiary/aromatic N) is 5. The van der Waals surface area contributed by atoms with Gasteiger partial charge in [0.1, 0.15) is 5.84 Å². The van der Waals surface area contributed by atoms with Crippen LogP contribution in [0.15, 0.2) is 53.7 Å². The lowest BCUT2D eigenvalue weighted by atomic mass is 10.1. The van der Waals surface area contributed by atoms with E-state index in [0.29, 0.717) is 35.2 Å². The van der Waals surface area contributed by atoms with Gasteiger partial charge in [-0.05, 0) is 64.5 Å². The van der Waals surface area contributed by atoms with E-state index in [9.17, 15) is 9.59 Å². The van der Waals surface area contributed by atoms with E-state index in [1.807, 2.05) is 55.1 Å². The maximum Gasteiger partial charge on any atom is 0.259 e. The van der Waals surface area contributed by atoms with E-state index < -0.39 is 0 Å². The summed E-state index contributed by atoms with van der Waals surface area (Å²) in [5.41, 5.74) is 2.81. The number of pyridine rings is 1. The number of aliphatic imine (C=N–C) groups is 1. The minimum absolute atomic E-state index is 0.0312. The fraction of sp³-hybridized carbons (Fsp3) is 0.407. The first-order chi connectivity index (χ1) is 17.3. The number of carbonyl (C=O) groups excluding carboxylic acids is 2. The summed E-state index contributed by atoms with van der Waals surface area (Å²) in [6.45, 7) is 4.41. The molecule has 0 unspecified atom stereocenters. The monoisotopic (exact) mass is 508 g/mol. The number of aryl methyl sites for hydroxylation is 1. The summed E-state index contributed by atoms with van der Waals surface area (Å²) in [5.74, 6) is 0.642. The van der Waals surface area contributed by atoms with Gasteiger partial charge in [-0.15, -0.1) is 0 Å². The molecule has 0 aliphatic carbocycles. The number of aromatic nitrogens is 1.